The second-order valence-corrected chi connectivity index (χ2v) is 9.06. The molecule has 3 rings (SSSR count). The molecule has 0 bridgehead atoms. The Morgan fingerprint density at radius 2 is 1.75 bits per heavy atom. The Labute approximate surface area is 167 Å². The molecule has 0 aromatic heterocycles. The molecular formula is C22H26N2O3S. The highest BCUT2D eigenvalue weighted by Crippen LogP contribution is 2.24. The van der Waals surface area contributed by atoms with E-state index in [0.717, 1.165) is 22.4 Å². The highest BCUT2D eigenvalue weighted by Gasteiger charge is 2.30. The standard InChI is InChI=1S/C22H26N2O3S/c1-17-8-9-21(18(2)16-17)23-22(25)20-10-13-24(14-11-20)28(26,27)15-12-19-6-4-3-5-7-19/h3-9,12,15-16,20H,10-11,13-14H2,1-2H3,(H,23,25)/b15-12+. The maximum absolute atomic E-state index is 12.6. The van der Waals surface area contributed by atoms with Crippen LogP contribution in [0.4, 0.5) is 5.69 Å². The lowest BCUT2D eigenvalue weighted by Gasteiger charge is -2.29. The van der Waals surface area contributed by atoms with Gasteiger partial charge in [0.25, 0.3) is 0 Å². The number of carbonyl (C=O) groups excluding carboxylic acids is 1. The molecule has 2 aromatic carbocycles. The van der Waals surface area contributed by atoms with Crippen LogP contribution in [0.5, 0.6) is 0 Å². The Morgan fingerprint density at radius 3 is 2.39 bits per heavy atom. The van der Waals surface area contributed by atoms with Crippen molar-refractivity contribution in [2.75, 3.05) is 18.4 Å². The lowest BCUT2D eigenvalue weighted by molar-refractivity contribution is -0.120. The molecule has 0 spiro atoms. The number of sulfonamides is 1. The van der Waals surface area contributed by atoms with Gasteiger partial charge in [0.2, 0.25) is 15.9 Å². The van der Waals surface area contributed by atoms with Crippen molar-refractivity contribution < 1.29 is 13.2 Å². The van der Waals surface area contributed by atoms with E-state index in [1.165, 1.54) is 9.71 Å². The highest BCUT2D eigenvalue weighted by atomic mass is 32.2. The van der Waals surface area contributed by atoms with Gasteiger partial charge in [-0.2, -0.15) is 4.31 Å². The number of hydrogen-bond donors (Lipinski definition) is 1. The van der Waals surface area contributed by atoms with Gasteiger partial charge in [0.15, 0.2) is 0 Å². The molecule has 5 nitrogen and oxygen atoms in total. The third kappa shape index (κ3) is 5.09. The van der Waals surface area contributed by atoms with Gasteiger partial charge in [0.1, 0.15) is 0 Å². The van der Waals surface area contributed by atoms with Gasteiger partial charge in [-0.25, -0.2) is 8.42 Å². The monoisotopic (exact) mass is 398 g/mol. The average Bonchev–Trinajstić information content (AvgIpc) is 2.69. The van der Waals surface area contributed by atoms with E-state index in [4.69, 9.17) is 0 Å². The van der Waals surface area contributed by atoms with Crippen LogP contribution in [0, 0.1) is 19.8 Å². The first-order chi connectivity index (χ1) is 13.3. The van der Waals surface area contributed by atoms with Crippen molar-refractivity contribution >= 4 is 27.7 Å². The SMILES string of the molecule is Cc1ccc(NC(=O)C2CCN(S(=O)(=O)/C=C/c3ccccc3)CC2)c(C)c1. The first-order valence-corrected chi connectivity index (χ1v) is 11.0. The number of rotatable bonds is 5. The molecule has 0 aliphatic carbocycles. The van der Waals surface area contributed by atoms with Gasteiger partial charge >= 0.3 is 0 Å². The predicted molar refractivity (Wildman–Crippen MR) is 113 cm³/mol. The minimum Gasteiger partial charge on any atom is -0.326 e. The Bertz CT molecular complexity index is 961. The van der Waals surface area contributed by atoms with E-state index in [0.29, 0.717) is 25.9 Å². The molecule has 148 valence electrons. The van der Waals surface area contributed by atoms with Gasteiger partial charge in [-0.1, -0.05) is 48.0 Å². The van der Waals surface area contributed by atoms with Gasteiger partial charge in [-0.3, -0.25) is 4.79 Å². The number of anilines is 1. The van der Waals surface area contributed by atoms with Crippen LogP contribution in [0.2, 0.25) is 0 Å². The zero-order valence-corrected chi connectivity index (χ0v) is 17.1. The first kappa shape index (κ1) is 20.3. The van der Waals surface area contributed by atoms with E-state index in [9.17, 15) is 13.2 Å². The molecule has 28 heavy (non-hydrogen) atoms. The van der Waals surface area contributed by atoms with Gasteiger partial charge in [0, 0.05) is 30.1 Å². The summed E-state index contributed by atoms with van der Waals surface area (Å²) in [7, 11) is -3.48. The molecule has 0 unspecified atom stereocenters. The largest absolute Gasteiger partial charge is 0.326 e. The van der Waals surface area contributed by atoms with Gasteiger partial charge in [0.05, 0.1) is 0 Å². The lowest BCUT2D eigenvalue weighted by Crippen LogP contribution is -2.40. The summed E-state index contributed by atoms with van der Waals surface area (Å²) >= 11 is 0. The van der Waals surface area contributed by atoms with Crippen molar-refractivity contribution in [2.45, 2.75) is 26.7 Å². The maximum Gasteiger partial charge on any atom is 0.236 e. The van der Waals surface area contributed by atoms with Crippen LogP contribution in [0.25, 0.3) is 6.08 Å². The molecule has 0 atom stereocenters. The second-order valence-electron chi connectivity index (χ2n) is 7.24. The summed E-state index contributed by atoms with van der Waals surface area (Å²) in [6.07, 6.45) is 2.65. The Kier molecular flexibility index (Phi) is 6.31. The smallest absolute Gasteiger partial charge is 0.236 e. The number of carbonyl (C=O) groups is 1. The van der Waals surface area contributed by atoms with Crippen LogP contribution in [0.3, 0.4) is 0 Å². The van der Waals surface area contributed by atoms with Crippen LogP contribution in [0.15, 0.2) is 53.9 Å². The molecule has 1 saturated heterocycles. The molecule has 6 heteroatoms. The van der Waals surface area contributed by atoms with Crippen molar-refractivity contribution in [3.63, 3.8) is 0 Å². The minimum atomic E-state index is -3.48. The second kappa shape index (κ2) is 8.71. The quantitative estimate of drug-likeness (QED) is 0.829. The minimum absolute atomic E-state index is 0.0381. The topological polar surface area (TPSA) is 66.5 Å². The summed E-state index contributed by atoms with van der Waals surface area (Å²) in [6.45, 7) is 4.69. The summed E-state index contributed by atoms with van der Waals surface area (Å²) in [4.78, 5) is 12.6. The molecule has 1 fully saturated rings. The lowest BCUT2D eigenvalue weighted by atomic mass is 9.97. The molecular weight excluding hydrogens is 372 g/mol. The van der Waals surface area contributed by atoms with E-state index in [1.54, 1.807) is 6.08 Å². The fourth-order valence-electron chi connectivity index (χ4n) is 3.38. The number of amides is 1. The summed E-state index contributed by atoms with van der Waals surface area (Å²) < 4.78 is 26.5. The van der Waals surface area contributed by atoms with Gasteiger partial charge in [-0.15, -0.1) is 0 Å². The molecule has 2 aromatic rings. The van der Waals surface area contributed by atoms with Crippen molar-refractivity contribution in [2.24, 2.45) is 5.92 Å². The fraction of sp³-hybridized carbons (Fsp3) is 0.318. The zero-order valence-electron chi connectivity index (χ0n) is 16.3. The fourth-order valence-corrected chi connectivity index (χ4v) is 4.60. The van der Waals surface area contributed by atoms with E-state index in [1.807, 2.05) is 62.4 Å². The predicted octanol–water partition coefficient (Wildman–Crippen LogP) is 3.95. The van der Waals surface area contributed by atoms with Gasteiger partial charge in [-0.05, 0) is 50.0 Å². The van der Waals surface area contributed by atoms with Crippen LogP contribution >= 0.6 is 0 Å². The third-order valence-electron chi connectivity index (χ3n) is 5.06. The molecule has 1 N–H and O–H groups in total. The van der Waals surface area contributed by atoms with Crippen molar-refractivity contribution in [1.29, 1.82) is 0 Å². The van der Waals surface area contributed by atoms with Crippen LogP contribution in [0.1, 0.15) is 29.5 Å². The summed E-state index contributed by atoms with van der Waals surface area (Å²) in [6, 6.07) is 15.3. The third-order valence-corrected chi connectivity index (χ3v) is 6.62. The van der Waals surface area contributed by atoms with Crippen LogP contribution in [-0.2, 0) is 14.8 Å². The number of benzene rings is 2. The first-order valence-electron chi connectivity index (χ1n) is 9.46. The maximum atomic E-state index is 12.6. The molecule has 1 amide bonds. The Balaban J connectivity index is 1.57. The summed E-state index contributed by atoms with van der Waals surface area (Å²) in [5.74, 6) is -0.214. The normalized spacial score (nSPS) is 16.4. The number of piperidine rings is 1. The number of nitrogens with zero attached hydrogens (tertiary/aromatic N) is 1. The van der Waals surface area contributed by atoms with Crippen LogP contribution < -0.4 is 5.32 Å². The van der Waals surface area contributed by atoms with E-state index in [-0.39, 0.29) is 11.8 Å². The van der Waals surface area contributed by atoms with E-state index >= 15 is 0 Å². The van der Waals surface area contributed by atoms with E-state index in [2.05, 4.69) is 5.32 Å². The molecule has 1 heterocycles. The Morgan fingerprint density at radius 1 is 1.07 bits per heavy atom. The highest BCUT2D eigenvalue weighted by molar-refractivity contribution is 7.92. The number of nitrogens with one attached hydrogen (secondary N) is 1. The van der Waals surface area contributed by atoms with Crippen molar-refractivity contribution in [3.05, 3.63) is 70.6 Å². The van der Waals surface area contributed by atoms with E-state index < -0.39 is 10.0 Å². The number of aryl methyl sites for hydroxylation is 2. The molecule has 0 radical (unpaired) electrons. The summed E-state index contributed by atoms with van der Waals surface area (Å²) in [5.41, 5.74) is 3.84. The molecule has 1 aliphatic rings. The van der Waals surface area contributed by atoms with Crippen molar-refractivity contribution in [1.82, 2.24) is 4.31 Å². The van der Waals surface area contributed by atoms with Gasteiger partial charge < -0.3 is 5.32 Å². The number of hydrogen-bond acceptors (Lipinski definition) is 3. The zero-order chi connectivity index (χ0) is 20.1. The molecule has 1 aliphatic heterocycles. The molecule has 0 saturated carbocycles. The average molecular weight is 399 g/mol. The Hall–Kier alpha value is -2.44. The van der Waals surface area contributed by atoms with Crippen LogP contribution in [-0.4, -0.2) is 31.7 Å². The summed E-state index contributed by atoms with van der Waals surface area (Å²) in [5, 5.41) is 4.23. The van der Waals surface area contributed by atoms with Crippen molar-refractivity contribution in [3.8, 4) is 0 Å².